The van der Waals surface area contributed by atoms with Crippen LogP contribution in [-0.4, -0.2) is 42.5 Å². The van der Waals surface area contributed by atoms with E-state index in [1.165, 1.54) is 6.07 Å². The summed E-state index contributed by atoms with van der Waals surface area (Å²) in [6.07, 6.45) is 2.28. The highest BCUT2D eigenvalue weighted by Crippen LogP contribution is 2.24. The maximum Gasteiger partial charge on any atom is 0.326 e. The normalized spacial score (nSPS) is 14.4. The Morgan fingerprint density at radius 1 is 0.972 bits per heavy atom. The molecule has 0 fully saturated rings. The molecule has 1 amide bonds. The fraction of sp³-hybridized carbons (Fsp3) is 0.259. The van der Waals surface area contributed by atoms with Crippen molar-refractivity contribution in [2.45, 2.75) is 43.7 Å². The molecule has 4 rings (SSSR count). The smallest absolute Gasteiger partial charge is 0.326 e. The summed E-state index contributed by atoms with van der Waals surface area (Å²) in [6, 6.07) is 17.2. The van der Waals surface area contributed by atoms with Gasteiger partial charge in [0.05, 0.1) is 4.90 Å². The molecule has 4 N–H and O–H groups in total. The minimum atomic E-state index is -4.08. The Labute approximate surface area is 209 Å². The number of nitrogens with one attached hydrogen (secondary N) is 3. The van der Waals surface area contributed by atoms with E-state index in [1.807, 2.05) is 49.4 Å². The maximum absolute atomic E-state index is 13.4. The Balaban J connectivity index is 1.59. The highest BCUT2D eigenvalue weighted by atomic mass is 32.2. The van der Waals surface area contributed by atoms with Crippen LogP contribution in [0.15, 0.2) is 77.8 Å². The van der Waals surface area contributed by atoms with E-state index in [0.717, 1.165) is 21.9 Å². The minimum Gasteiger partial charge on any atom is -0.480 e. The van der Waals surface area contributed by atoms with E-state index in [2.05, 4.69) is 15.0 Å². The number of H-pyrrole nitrogens is 1. The highest BCUT2D eigenvalue weighted by molar-refractivity contribution is 7.89. The fourth-order valence-corrected chi connectivity index (χ4v) is 5.84. The SMILES string of the molecule is CCC(C)[C@H](NS(=O)(=O)c1cccc2ccccc12)C(=O)N[C@@H](Cc1c[nH]c2ccccc12)C(=O)O. The summed E-state index contributed by atoms with van der Waals surface area (Å²) < 4.78 is 29.3. The number of benzene rings is 3. The lowest BCUT2D eigenvalue weighted by atomic mass is 9.98. The topological polar surface area (TPSA) is 128 Å². The number of carbonyl (C=O) groups is 2. The third kappa shape index (κ3) is 5.27. The van der Waals surface area contributed by atoms with Crippen LogP contribution in [0.1, 0.15) is 25.8 Å². The standard InChI is InChI=1S/C27H29N3O5S/c1-3-17(2)25(30-36(34,35)24-14-8-10-18-9-4-5-12-21(18)24)26(31)29-23(27(32)33)15-19-16-28-22-13-7-6-11-20(19)22/h4-14,16-17,23,25,28,30H,3,15H2,1-2H3,(H,29,31)(H,32,33)/t17?,23-,25-/m0/s1. The average molecular weight is 508 g/mol. The van der Waals surface area contributed by atoms with E-state index in [9.17, 15) is 23.1 Å². The molecule has 188 valence electrons. The summed E-state index contributed by atoms with van der Waals surface area (Å²) in [5, 5.41) is 14.6. The molecule has 0 spiro atoms. The molecule has 0 aliphatic rings. The van der Waals surface area contributed by atoms with Crippen LogP contribution < -0.4 is 10.0 Å². The van der Waals surface area contributed by atoms with Gasteiger partial charge in [0.1, 0.15) is 12.1 Å². The maximum atomic E-state index is 13.4. The zero-order valence-electron chi connectivity index (χ0n) is 20.1. The van der Waals surface area contributed by atoms with Crippen LogP contribution in [0, 0.1) is 5.92 Å². The molecule has 0 radical (unpaired) electrons. The molecule has 3 atom stereocenters. The number of amides is 1. The van der Waals surface area contributed by atoms with Gasteiger partial charge in [-0.25, -0.2) is 13.2 Å². The van der Waals surface area contributed by atoms with Crippen LogP contribution in [0.5, 0.6) is 0 Å². The largest absolute Gasteiger partial charge is 0.480 e. The van der Waals surface area contributed by atoms with Gasteiger partial charge in [-0.05, 0) is 29.0 Å². The van der Waals surface area contributed by atoms with Crippen LogP contribution in [0.4, 0.5) is 0 Å². The van der Waals surface area contributed by atoms with E-state index < -0.39 is 34.0 Å². The van der Waals surface area contributed by atoms with Gasteiger partial charge in [-0.1, -0.05) is 74.9 Å². The molecule has 0 bridgehead atoms. The molecule has 0 aliphatic carbocycles. The molecule has 1 heterocycles. The second-order valence-electron chi connectivity index (χ2n) is 8.92. The molecule has 0 saturated heterocycles. The van der Waals surface area contributed by atoms with Crippen LogP contribution in [0.25, 0.3) is 21.7 Å². The molecule has 36 heavy (non-hydrogen) atoms. The summed E-state index contributed by atoms with van der Waals surface area (Å²) in [6.45, 7) is 3.60. The number of aromatic amines is 1. The van der Waals surface area contributed by atoms with E-state index in [0.29, 0.717) is 11.8 Å². The number of carboxylic acids is 1. The van der Waals surface area contributed by atoms with Crippen molar-refractivity contribution in [1.29, 1.82) is 0 Å². The summed E-state index contributed by atoms with van der Waals surface area (Å²) >= 11 is 0. The summed E-state index contributed by atoms with van der Waals surface area (Å²) in [5.41, 5.74) is 1.61. The van der Waals surface area contributed by atoms with E-state index >= 15 is 0 Å². The number of para-hydroxylation sites is 1. The number of carboxylic acid groups (broad SMARTS) is 1. The lowest BCUT2D eigenvalue weighted by Gasteiger charge is -2.25. The number of carbonyl (C=O) groups excluding carboxylic acids is 1. The van der Waals surface area contributed by atoms with Crippen LogP contribution in [-0.2, 0) is 26.0 Å². The molecule has 9 heteroatoms. The van der Waals surface area contributed by atoms with Gasteiger partial charge in [0.25, 0.3) is 0 Å². The van der Waals surface area contributed by atoms with Crippen LogP contribution >= 0.6 is 0 Å². The number of aliphatic carboxylic acids is 1. The lowest BCUT2D eigenvalue weighted by molar-refractivity contribution is -0.142. The second kappa shape index (κ2) is 10.5. The lowest BCUT2D eigenvalue weighted by Crippen LogP contribution is -2.54. The Bertz CT molecular complexity index is 1510. The van der Waals surface area contributed by atoms with Crippen molar-refractivity contribution in [3.63, 3.8) is 0 Å². The molecule has 3 aromatic carbocycles. The third-order valence-corrected chi connectivity index (χ3v) is 8.03. The zero-order chi connectivity index (χ0) is 25.9. The molecule has 1 aromatic heterocycles. The van der Waals surface area contributed by atoms with Crippen molar-refractivity contribution in [2.75, 3.05) is 0 Å². The number of hydrogen-bond donors (Lipinski definition) is 4. The first-order valence-electron chi connectivity index (χ1n) is 11.8. The van der Waals surface area contributed by atoms with Crippen molar-refractivity contribution >= 4 is 43.6 Å². The van der Waals surface area contributed by atoms with Crippen molar-refractivity contribution in [3.8, 4) is 0 Å². The van der Waals surface area contributed by atoms with Gasteiger partial charge >= 0.3 is 5.97 Å². The first kappa shape index (κ1) is 25.4. The molecule has 1 unspecified atom stereocenters. The highest BCUT2D eigenvalue weighted by Gasteiger charge is 2.33. The Kier molecular flexibility index (Phi) is 7.42. The fourth-order valence-electron chi connectivity index (χ4n) is 4.31. The molecule has 0 saturated carbocycles. The second-order valence-corrected chi connectivity index (χ2v) is 10.6. The van der Waals surface area contributed by atoms with Crippen LogP contribution in [0.2, 0.25) is 0 Å². The monoisotopic (exact) mass is 507 g/mol. The first-order valence-corrected chi connectivity index (χ1v) is 13.3. The number of sulfonamides is 1. The van der Waals surface area contributed by atoms with Gasteiger partial charge < -0.3 is 15.4 Å². The van der Waals surface area contributed by atoms with Gasteiger partial charge in [0.15, 0.2) is 0 Å². The average Bonchev–Trinajstić information content (AvgIpc) is 3.28. The molecule has 8 nitrogen and oxygen atoms in total. The predicted molar refractivity (Wildman–Crippen MR) is 139 cm³/mol. The number of fused-ring (bicyclic) bond motifs is 2. The first-order chi connectivity index (χ1) is 17.2. The number of aromatic nitrogens is 1. The summed E-state index contributed by atoms with van der Waals surface area (Å²) in [7, 11) is -4.08. The van der Waals surface area contributed by atoms with E-state index in [4.69, 9.17) is 0 Å². The Morgan fingerprint density at radius 3 is 2.36 bits per heavy atom. The summed E-state index contributed by atoms with van der Waals surface area (Å²) in [5.74, 6) is -2.26. The molecule has 4 aromatic rings. The van der Waals surface area contributed by atoms with Crippen molar-refractivity contribution in [2.24, 2.45) is 5.92 Å². The van der Waals surface area contributed by atoms with E-state index in [-0.39, 0.29) is 17.2 Å². The van der Waals surface area contributed by atoms with E-state index in [1.54, 1.807) is 31.3 Å². The van der Waals surface area contributed by atoms with Crippen molar-refractivity contribution in [1.82, 2.24) is 15.0 Å². The Hall–Kier alpha value is -3.69. The molecular weight excluding hydrogens is 478 g/mol. The zero-order valence-corrected chi connectivity index (χ0v) is 20.9. The van der Waals surface area contributed by atoms with Gasteiger partial charge in [-0.3, -0.25) is 4.79 Å². The van der Waals surface area contributed by atoms with Crippen LogP contribution in [0.3, 0.4) is 0 Å². The molecular formula is C27H29N3O5S. The Morgan fingerprint density at radius 2 is 1.64 bits per heavy atom. The summed E-state index contributed by atoms with van der Waals surface area (Å²) in [4.78, 5) is 28.5. The van der Waals surface area contributed by atoms with Gasteiger partial charge in [0.2, 0.25) is 15.9 Å². The minimum absolute atomic E-state index is 0.0500. The number of hydrogen-bond acceptors (Lipinski definition) is 4. The van der Waals surface area contributed by atoms with Gasteiger partial charge in [0, 0.05) is 28.9 Å². The third-order valence-electron chi connectivity index (χ3n) is 6.53. The van der Waals surface area contributed by atoms with Crippen molar-refractivity contribution < 1.29 is 23.1 Å². The molecule has 0 aliphatic heterocycles. The predicted octanol–water partition coefficient (Wildman–Crippen LogP) is 3.83. The van der Waals surface area contributed by atoms with Gasteiger partial charge in [-0.2, -0.15) is 4.72 Å². The quantitative estimate of drug-likeness (QED) is 0.259. The van der Waals surface area contributed by atoms with Gasteiger partial charge in [-0.15, -0.1) is 0 Å². The number of rotatable bonds is 10. The van der Waals surface area contributed by atoms with Crippen molar-refractivity contribution in [3.05, 3.63) is 78.5 Å².